The highest BCUT2D eigenvalue weighted by Gasteiger charge is 2.50. The molecule has 0 bridgehead atoms. The van der Waals surface area contributed by atoms with Crippen molar-refractivity contribution in [1.29, 1.82) is 0 Å². The van der Waals surface area contributed by atoms with E-state index in [1.807, 2.05) is 6.92 Å². The van der Waals surface area contributed by atoms with Gasteiger partial charge in [-0.15, -0.1) is 0 Å². The number of carbonyl (C=O) groups is 1. The van der Waals surface area contributed by atoms with Crippen molar-refractivity contribution in [2.24, 2.45) is 11.7 Å². The van der Waals surface area contributed by atoms with Crippen LogP contribution >= 0.6 is 0 Å². The minimum atomic E-state index is -0.957. The average molecular weight is 301 g/mol. The van der Waals surface area contributed by atoms with E-state index in [1.54, 1.807) is 0 Å². The van der Waals surface area contributed by atoms with Crippen LogP contribution in [0.5, 0.6) is 0 Å². The maximum atomic E-state index is 12.4. The van der Waals surface area contributed by atoms with Gasteiger partial charge in [0.2, 0.25) is 0 Å². The maximum Gasteiger partial charge on any atom is 0.331 e. The molecule has 3 nitrogen and oxygen atoms in total. The summed E-state index contributed by atoms with van der Waals surface area (Å²) >= 11 is 0. The van der Waals surface area contributed by atoms with Crippen molar-refractivity contribution in [2.75, 3.05) is 6.61 Å². The van der Waals surface area contributed by atoms with Crippen molar-refractivity contribution in [1.82, 2.24) is 0 Å². The molecule has 3 heteroatoms. The molecular formula is C19H27NO2. The molecule has 0 saturated heterocycles. The summed E-state index contributed by atoms with van der Waals surface area (Å²) in [6.07, 6.45) is 8.63. The van der Waals surface area contributed by atoms with E-state index in [4.69, 9.17) is 10.5 Å². The van der Waals surface area contributed by atoms with Crippen LogP contribution in [0.15, 0.2) is 24.3 Å². The summed E-state index contributed by atoms with van der Waals surface area (Å²) in [5.41, 5.74) is 7.86. The molecular weight excluding hydrogens is 274 g/mol. The molecule has 0 aromatic heterocycles. The molecule has 0 radical (unpaired) electrons. The zero-order valence-electron chi connectivity index (χ0n) is 13.5. The third-order valence-electron chi connectivity index (χ3n) is 5.30. The molecule has 2 aliphatic carbocycles. The first kappa shape index (κ1) is 15.5. The molecule has 1 aromatic carbocycles. The van der Waals surface area contributed by atoms with Gasteiger partial charge in [-0.1, -0.05) is 43.5 Å². The second kappa shape index (κ2) is 6.41. The first-order chi connectivity index (χ1) is 10.7. The van der Waals surface area contributed by atoms with Gasteiger partial charge in [0.05, 0.1) is 6.61 Å². The standard InChI is InChI=1S/C19H27NO2/c1-2-22-18(21)19(20,17-12-13-17)16-10-8-15(9-11-16)14-6-4-3-5-7-14/h8-11,14,17H,2-7,12-13,20H2,1H3. The molecule has 2 aliphatic rings. The van der Waals surface area contributed by atoms with E-state index in [9.17, 15) is 4.79 Å². The van der Waals surface area contributed by atoms with E-state index in [2.05, 4.69) is 24.3 Å². The first-order valence-electron chi connectivity index (χ1n) is 8.72. The Morgan fingerprint density at radius 1 is 1.14 bits per heavy atom. The summed E-state index contributed by atoms with van der Waals surface area (Å²) in [6, 6.07) is 8.46. The zero-order valence-corrected chi connectivity index (χ0v) is 13.5. The number of hydrogen-bond donors (Lipinski definition) is 1. The number of esters is 1. The second-order valence-electron chi connectivity index (χ2n) is 6.82. The highest BCUT2D eigenvalue weighted by molar-refractivity contribution is 5.83. The van der Waals surface area contributed by atoms with Crippen LogP contribution in [0.4, 0.5) is 0 Å². The predicted molar refractivity (Wildman–Crippen MR) is 87.5 cm³/mol. The lowest BCUT2D eigenvalue weighted by Crippen LogP contribution is -2.48. The van der Waals surface area contributed by atoms with Gasteiger partial charge in [0.25, 0.3) is 0 Å². The van der Waals surface area contributed by atoms with Gasteiger partial charge in [0.15, 0.2) is 0 Å². The fourth-order valence-corrected chi connectivity index (χ4v) is 3.78. The molecule has 2 N–H and O–H groups in total. The molecule has 1 aromatic rings. The number of nitrogens with two attached hydrogens (primary N) is 1. The van der Waals surface area contributed by atoms with Crippen molar-refractivity contribution >= 4 is 5.97 Å². The molecule has 0 heterocycles. The van der Waals surface area contributed by atoms with Gasteiger partial charge in [-0.25, -0.2) is 4.79 Å². The average Bonchev–Trinajstić information content (AvgIpc) is 3.40. The van der Waals surface area contributed by atoms with Crippen LogP contribution in [0.1, 0.15) is 68.9 Å². The van der Waals surface area contributed by atoms with E-state index < -0.39 is 5.54 Å². The summed E-state index contributed by atoms with van der Waals surface area (Å²) in [4.78, 5) is 12.4. The molecule has 0 spiro atoms. The quantitative estimate of drug-likeness (QED) is 0.840. The molecule has 120 valence electrons. The van der Waals surface area contributed by atoms with Crippen LogP contribution < -0.4 is 5.73 Å². The van der Waals surface area contributed by atoms with Gasteiger partial charge >= 0.3 is 5.97 Å². The van der Waals surface area contributed by atoms with Gasteiger partial charge in [-0.3, -0.25) is 0 Å². The number of benzene rings is 1. The molecule has 3 rings (SSSR count). The first-order valence-corrected chi connectivity index (χ1v) is 8.72. The molecule has 22 heavy (non-hydrogen) atoms. The molecule has 1 atom stereocenters. The molecule has 2 saturated carbocycles. The summed E-state index contributed by atoms with van der Waals surface area (Å²) in [6.45, 7) is 2.21. The monoisotopic (exact) mass is 301 g/mol. The van der Waals surface area contributed by atoms with Crippen molar-refractivity contribution < 1.29 is 9.53 Å². The Labute approximate surface area is 133 Å². The SMILES string of the molecule is CCOC(=O)C(N)(c1ccc(C2CCCCC2)cc1)C1CC1. The van der Waals surface area contributed by atoms with E-state index in [0.29, 0.717) is 12.5 Å². The Bertz CT molecular complexity index is 515. The minimum absolute atomic E-state index is 0.229. The topological polar surface area (TPSA) is 52.3 Å². The van der Waals surface area contributed by atoms with Crippen molar-refractivity contribution in [3.8, 4) is 0 Å². The largest absolute Gasteiger partial charge is 0.464 e. The Morgan fingerprint density at radius 2 is 1.77 bits per heavy atom. The summed E-state index contributed by atoms with van der Waals surface area (Å²) < 4.78 is 5.25. The van der Waals surface area contributed by atoms with E-state index in [-0.39, 0.29) is 11.9 Å². The van der Waals surface area contributed by atoms with Crippen LogP contribution in [0.25, 0.3) is 0 Å². The third-order valence-corrected chi connectivity index (χ3v) is 5.30. The van der Waals surface area contributed by atoms with Gasteiger partial charge < -0.3 is 10.5 Å². The summed E-state index contributed by atoms with van der Waals surface area (Å²) in [5.74, 6) is 0.633. The van der Waals surface area contributed by atoms with Crippen molar-refractivity contribution in [3.05, 3.63) is 35.4 Å². The smallest absolute Gasteiger partial charge is 0.331 e. The Kier molecular flexibility index (Phi) is 4.53. The van der Waals surface area contributed by atoms with Gasteiger partial charge in [-0.2, -0.15) is 0 Å². The van der Waals surface area contributed by atoms with E-state index in [0.717, 1.165) is 18.4 Å². The van der Waals surface area contributed by atoms with Crippen LogP contribution in [0.2, 0.25) is 0 Å². The van der Waals surface area contributed by atoms with Crippen molar-refractivity contribution in [2.45, 2.75) is 63.3 Å². The van der Waals surface area contributed by atoms with Crippen LogP contribution in [-0.2, 0) is 15.1 Å². The van der Waals surface area contributed by atoms with E-state index >= 15 is 0 Å². The van der Waals surface area contributed by atoms with E-state index in [1.165, 1.54) is 37.7 Å². The third kappa shape index (κ3) is 2.91. The Morgan fingerprint density at radius 3 is 2.32 bits per heavy atom. The van der Waals surface area contributed by atoms with Gasteiger partial charge in [-0.05, 0) is 55.6 Å². The predicted octanol–water partition coefficient (Wildman–Crippen LogP) is 3.86. The minimum Gasteiger partial charge on any atom is -0.464 e. The fourth-order valence-electron chi connectivity index (χ4n) is 3.78. The molecule has 0 amide bonds. The molecule has 1 unspecified atom stereocenters. The lowest BCUT2D eigenvalue weighted by Gasteiger charge is -2.28. The zero-order chi connectivity index (χ0) is 15.6. The second-order valence-corrected chi connectivity index (χ2v) is 6.82. The lowest BCUT2D eigenvalue weighted by molar-refractivity contribution is -0.151. The highest BCUT2D eigenvalue weighted by atomic mass is 16.5. The van der Waals surface area contributed by atoms with Gasteiger partial charge in [0.1, 0.15) is 5.54 Å². The van der Waals surface area contributed by atoms with Gasteiger partial charge in [0, 0.05) is 0 Å². The number of ether oxygens (including phenoxy) is 1. The fraction of sp³-hybridized carbons (Fsp3) is 0.632. The Hall–Kier alpha value is -1.35. The molecule has 2 fully saturated rings. The normalized spacial score (nSPS) is 22.1. The Balaban J connectivity index is 1.81. The molecule has 0 aliphatic heterocycles. The number of carbonyl (C=O) groups excluding carboxylic acids is 1. The number of rotatable bonds is 5. The highest BCUT2D eigenvalue weighted by Crippen LogP contribution is 2.45. The summed E-state index contributed by atoms with van der Waals surface area (Å²) in [7, 11) is 0. The summed E-state index contributed by atoms with van der Waals surface area (Å²) in [5, 5.41) is 0. The lowest BCUT2D eigenvalue weighted by atomic mass is 9.81. The van der Waals surface area contributed by atoms with Crippen LogP contribution in [-0.4, -0.2) is 12.6 Å². The van der Waals surface area contributed by atoms with Crippen LogP contribution in [0.3, 0.4) is 0 Å². The van der Waals surface area contributed by atoms with Crippen molar-refractivity contribution in [3.63, 3.8) is 0 Å². The maximum absolute atomic E-state index is 12.4. The van der Waals surface area contributed by atoms with Crippen LogP contribution in [0, 0.1) is 5.92 Å². The number of hydrogen-bond acceptors (Lipinski definition) is 3.